The second kappa shape index (κ2) is 7.22. The molecule has 2 rings (SSSR count). The topological polar surface area (TPSA) is 64.6 Å². The Kier molecular flexibility index (Phi) is 5.60. The Bertz CT molecular complexity index is 292. The minimum atomic E-state index is -0.374. The zero-order valence-electron chi connectivity index (χ0n) is 11.9. The molecule has 0 aromatic rings. The number of hydrogen-bond donors (Lipinski definition) is 3. The van der Waals surface area contributed by atoms with Gasteiger partial charge in [-0.2, -0.15) is 0 Å². The van der Waals surface area contributed by atoms with Crippen molar-refractivity contribution in [2.45, 2.75) is 44.8 Å². The number of piperidine rings is 1. The Morgan fingerprint density at radius 3 is 2.79 bits per heavy atom. The van der Waals surface area contributed by atoms with Gasteiger partial charge in [-0.1, -0.05) is 13.3 Å². The summed E-state index contributed by atoms with van der Waals surface area (Å²) in [5, 5.41) is 15.4. The molecule has 2 aliphatic rings. The summed E-state index contributed by atoms with van der Waals surface area (Å²) >= 11 is 0. The fourth-order valence-corrected chi connectivity index (χ4v) is 2.96. The predicted molar refractivity (Wildman–Crippen MR) is 74.9 cm³/mol. The summed E-state index contributed by atoms with van der Waals surface area (Å²) in [5.41, 5.74) is 0. The van der Waals surface area contributed by atoms with E-state index in [0.29, 0.717) is 18.9 Å². The molecular weight excluding hydrogens is 242 g/mol. The lowest BCUT2D eigenvalue weighted by Crippen LogP contribution is -2.43. The van der Waals surface area contributed by atoms with E-state index in [1.165, 1.54) is 32.4 Å². The average Bonchev–Trinajstić information content (AvgIpc) is 2.84. The highest BCUT2D eigenvalue weighted by molar-refractivity contribution is 5.82. The van der Waals surface area contributed by atoms with Crippen molar-refractivity contribution in [3.05, 3.63) is 0 Å². The summed E-state index contributed by atoms with van der Waals surface area (Å²) in [7, 11) is 0. The summed E-state index contributed by atoms with van der Waals surface area (Å²) < 4.78 is 0. The van der Waals surface area contributed by atoms with Gasteiger partial charge in [0.1, 0.15) is 0 Å². The number of aliphatic hydroxyl groups is 1. The Hall–Kier alpha value is -0.650. The van der Waals surface area contributed by atoms with Crippen molar-refractivity contribution >= 4 is 5.91 Å². The molecule has 2 fully saturated rings. The molecule has 0 bridgehead atoms. The molecule has 5 heteroatoms. The van der Waals surface area contributed by atoms with E-state index in [4.69, 9.17) is 0 Å². The highest BCUT2D eigenvalue weighted by atomic mass is 16.3. The normalized spacial score (nSPS) is 30.2. The molecular formula is C14H27N3O2. The average molecular weight is 269 g/mol. The van der Waals surface area contributed by atoms with Gasteiger partial charge in [0.05, 0.1) is 12.1 Å². The van der Waals surface area contributed by atoms with Crippen LogP contribution < -0.4 is 10.6 Å². The van der Waals surface area contributed by atoms with E-state index in [1.807, 2.05) is 0 Å². The first-order valence-corrected chi connectivity index (χ1v) is 7.56. The van der Waals surface area contributed by atoms with E-state index in [-0.39, 0.29) is 18.1 Å². The summed E-state index contributed by atoms with van der Waals surface area (Å²) in [4.78, 5) is 14.4. The highest BCUT2D eigenvalue weighted by Crippen LogP contribution is 2.11. The number of β-amino-alcohol motifs (C(OH)–C–C–N with tert-alkyl or cyclic N) is 1. The second-order valence-electron chi connectivity index (χ2n) is 6.06. The zero-order valence-corrected chi connectivity index (χ0v) is 11.9. The molecule has 2 saturated heterocycles. The van der Waals surface area contributed by atoms with E-state index >= 15 is 0 Å². The molecule has 0 spiro atoms. The maximum Gasteiger partial charge on any atom is 0.237 e. The number of amides is 1. The predicted octanol–water partition coefficient (Wildman–Crippen LogP) is -0.0526. The number of rotatable bonds is 5. The van der Waals surface area contributed by atoms with Crippen LogP contribution in [0.25, 0.3) is 0 Å². The Morgan fingerprint density at radius 2 is 2.16 bits per heavy atom. The molecule has 3 unspecified atom stereocenters. The van der Waals surface area contributed by atoms with Crippen LogP contribution in [0.2, 0.25) is 0 Å². The lowest BCUT2D eigenvalue weighted by Gasteiger charge is -2.29. The number of nitrogens with one attached hydrogen (secondary N) is 2. The number of hydrogen-bond acceptors (Lipinski definition) is 4. The Morgan fingerprint density at radius 1 is 1.42 bits per heavy atom. The molecule has 3 atom stereocenters. The quantitative estimate of drug-likeness (QED) is 0.655. The Labute approximate surface area is 115 Å². The summed E-state index contributed by atoms with van der Waals surface area (Å²) in [6.45, 7) is 6.92. The molecule has 0 saturated carbocycles. The van der Waals surface area contributed by atoms with Crippen LogP contribution in [-0.2, 0) is 4.79 Å². The highest BCUT2D eigenvalue weighted by Gasteiger charge is 2.28. The summed E-state index contributed by atoms with van der Waals surface area (Å²) in [6.07, 6.45) is 4.14. The lowest BCUT2D eigenvalue weighted by atomic mass is 10.1. The van der Waals surface area contributed by atoms with Gasteiger partial charge in [-0.25, -0.2) is 0 Å². The van der Waals surface area contributed by atoms with Crippen LogP contribution in [0.5, 0.6) is 0 Å². The van der Waals surface area contributed by atoms with Crippen molar-refractivity contribution in [2.75, 3.05) is 32.7 Å². The van der Waals surface area contributed by atoms with E-state index in [0.717, 1.165) is 13.1 Å². The first kappa shape index (κ1) is 14.8. The molecule has 1 amide bonds. The minimum absolute atomic E-state index is 0.0297. The second-order valence-corrected chi connectivity index (χ2v) is 6.06. The van der Waals surface area contributed by atoms with Crippen LogP contribution >= 0.6 is 0 Å². The molecule has 0 aliphatic carbocycles. The van der Waals surface area contributed by atoms with Gasteiger partial charge in [-0.15, -0.1) is 0 Å². The number of carbonyl (C=O) groups excluding carboxylic acids is 1. The SMILES string of the molecule is CC(CNC(=O)C1CC(O)CN1)CN1CCCCC1. The standard InChI is InChI=1S/C14H27N3O2/c1-11(10-17-5-3-2-4-6-17)8-16-14(19)13-7-12(18)9-15-13/h11-13,15,18H,2-10H2,1H3,(H,16,19). The largest absolute Gasteiger partial charge is 0.392 e. The zero-order chi connectivity index (χ0) is 13.7. The maximum atomic E-state index is 11.9. The number of nitrogens with zero attached hydrogens (tertiary/aromatic N) is 1. The van der Waals surface area contributed by atoms with Gasteiger partial charge in [0.25, 0.3) is 0 Å². The molecule has 2 aliphatic heterocycles. The molecule has 3 N–H and O–H groups in total. The van der Waals surface area contributed by atoms with E-state index < -0.39 is 0 Å². The van der Waals surface area contributed by atoms with Crippen molar-refractivity contribution in [1.29, 1.82) is 0 Å². The van der Waals surface area contributed by atoms with Crippen molar-refractivity contribution in [3.63, 3.8) is 0 Å². The fraction of sp³-hybridized carbons (Fsp3) is 0.929. The number of likely N-dealkylation sites (tertiary alicyclic amines) is 1. The molecule has 2 heterocycles. The number of carbonyl (C=O) groups is 1. The monoisotopic (exact) mass is 269 g/mol. The third-order valence-electron chi connectivity index (χ3n) is 4.07. The number of aliphatic hydroxyl groups excluding tert-OH is 1. The Balaban J connectivity index is 1.62. The van der Waals surface area contributed by atoms with Crippen LogP contribution in [-0.4, -0.2) is 60.8 Å². The van der Waals surface area contributed by atoms with E-state index in [1.54, 1.807) is 0 Å². The van der Waals surface area contributed by atoms with Crippen molar-refractivity contribution in [1.82, 2.24) is 15.5 Å². The van der Waals surface area contributed by atoms with Crippen LogP contribution in [0.15, 0.2) is 0 Å². The fourth-order valence-electron chi connectivity index (χ4n) is 2.96. The van der Waals surface area contributed by atoms with Crippen LogP contribution in [0.3, 0.4) is 0 Å². The van der Waals surface area contributed by atoms with Crippen LogP contribution in [0.4, 0.5) is 0 Å². The summed E-state index contributed by atoms with van der Waals surface area (Å²) in [6, 6.07) is -0.211. The van der Waals surface area contributed by atoms with Gasteiger partial charge in [-0.05, 0) is 38.3 Å². The third-order valence-corrected chi connectivity index (χ3v) is 4.07. The van der Waals surface area contributed by atoms with Crippen molar-refractivity contribution in [3.8, 4) is 0 Å². The molecule has 5 nitrogen and oxygen atoms in total. The molecule has 0 aromatic carbocycles. The first-order chi connectivity index (χ1) is 9.15. The first-order valence-electron chi connectivity index (χ1n) is 7.56. The van der Waals surface area contributed by atoms with Crippen LogP contribution in [0.1, 0.15) is 32.6 Å². The van der Waals surface area contributed by atoms with Crippen molar-refractivity contribution < 1.29 is 9.90 Å². The van der Waals surface area contributed by atoms with Gasteiger partial charge < -0.3 is 20.6 Å². The van der Waals surface area contributed by atoms with E-state index in [9.17, 15) is 9.90 Å². The van der Waals surface area contributed by atoms with Crippen LogP contribution in [0, 0.1) is 5.92 Å². The maximum absolute atomic E-state index is 11.9. The molecule has 0 radical (unpaired) electrons. The van der Waals surface area contributed by atoms with Gasteiger partial charge in [0.15, 0.2) is 0 Å². The molecule has 19 heavy (non-hydrogen) atoms. The smallest absolute Gasteiger partial charge is 0.237 e. The minimum Gasteiger partial charge on any atom is -0.392 e. The summed E-state index contributed by atoms with van der Waals surface area (Å²) in [5.74, 6) is 0.510. The van der Waals surface area contributed by atoms with Crippen molar-refractivity contribution in [2.24, 2.45) is 5.92 Å². The molecule has 110 valence electrons. The van der Waals surface area contributed by atoms with E-state index in [2.05, 4.69) is 22.5 Å². The van der Waals surface area contributed by atoms with Gasteiger partial charge >= 0.3 is 0 Å². The third kappa shape index (κ3) is 4.75. The molecule has 0 aromatic heterocycles. The lowest BCUT2D eigenvalue weighted by molar-refractivity contribution is -0.123. The van der Waals surface area contributed by atoms with Gasteiger partial charge in [-0.3, -0.25) is 4.79 Å². The van der Waals surface area contributed by atoms with Gasteiger partial charge in [0, 0.05) is 19.6 Å². The van der Waals surface area contributed by atoms with Gasteiger partial charge in [0.2, 0.25) is 5.91 Å².